The highest BCUT2D eigenvalue weighted by molar-refractivity contribution is 5.36. The fourth-order valence-corrected chi connectivity index (χ4v) is 4.01. The van der Waals surface area contributed by atoms with Gasteiger partial charge in [-0.1, -0.05) is 42.5 Å². The van der Waals surface area contributed by atoms with Crippen molar-refractivity contribution >= 4 is 0 Å². The van der Waals surface area contributed by atoms with E-state index in [0.29, 0.717) is 0 Å². The molecule has 2 aliphatic rings. The number of hydrogen-bond donors (Lipinski definition) is 1. The molecule has 1 aliphatic heterocycles. The fraction of sp³-hybridized carbons (Fsp3) is 0.429. The number of para-hydroxylation sites is 1. The Kier molecular flexibility index (Phi) is 5.02. The van der Waals surface area contributed by atoms with Gasteiger partial charge in [0.25, 0.3) is 0 Å². The monoisotopic (exact) mass is 338 g/mol. The van der Waals surface area contributed by atoms with Gasteiger partial charge in [-0.3, -0.25) is 9.80 Å². The zero-order valence-corrected chi connectivity index (χ0v) is 14.6. The van der Waals surface area contributed by atoms with E-state index in [1.807, 2.05) is 36.4 Å². The highest BCUT2D eigenvalue weighted by Gasteiger charge is 2.35. The zero-order chi connectivity index (χ0) is 17.1. The van der Waals surface area contributed by atoms with Gasteiger partial charge in [0.05, 0.1) is 6.10 Å². The smallest absolute Gasteiger partial charge is 0.119 e. The summed E-state index contributed by atoms with van der Waals surface area (Å²) in [6, 6.07) is 18.5. The van der Waals surface area contributed by atoms with Gasteiger partial charge in [-0.25, -0.2) is 0 Å². The van der Waals surface area contributed by atoms with E-state index >= 15 is 0 Å². The van der Waals surface area contributed by atoms with Gasteiger partial charge in [0.15, 0.2) is 0 Å². The summed E-state index contributed by atoms with van der Waals surface area (Å²) < 4.78 is 5.80. The molecule has 132 valence electrons. The molecule has 2 unspecified atom stereocenters. The number of benzene rings is 2. The summed E-state index contributed by atoms with van der Waals surface area (Å²) in [6.45, 7) is 5.79. The molecular formula is C21H26N2O2. The van der Waals surface area contributed by atoms with Crippen LogP contribution in [-0.4, -0.2) is 60.3 Å². The Morgan fingerprint density at radius 3 is 2.40 bits per heavy atom. The van der Waals surface area contributed by atoms with Gasteiger partial charge >= 0.3 is 0 Å². The van der Waals surface area contributed by atoms with Crippen molar-refractivity contribution in [1.82, 2.24) is 9.80 Å². The Balaban J connectivity index is 1.24. The predicted octanol–water partition coefficient (Wildman–Crippen LogP) is 2.34. The van der Waals surface area contributed by atoms with Crippen molar-refractivity contribution in [3.63, 3.8) is 0 Å². The molecule has 4 rings (SSSR count). The number of ether oxygens (including phenoxy) is 1. The first kappa shape index (κ1) is 16.6. The first-order chi connectivity index (χ1) is 12.3. The summed E-state index contributed by atoms with van der Waals surface area (Å²) in [5.41, 5.74) is 2.42. The van der Waals surface area contributed by atoms with Crippen LogP contribution in [0.25, 0.3) is 0 Å². The molecule has 0 aromatic heterocycles. The number of piperazine rings is 1. The van der Waals surface area contributed by atoms with E-state index in [4.69, 9.17) is 4.74 Å². The lowest BCUT2D eigenvalue weighted by Crippen LogP contribution is -2.52. The second-order valence-corrected chi connectivity index (χ2v) is 6.95. The van der Waals surface area contributed by atoms with Crippen LogP contribution in [0.3, 0.4) is 0 Å². The van der Waals surface area contributed by atoms with Crippen molar-refractivity contribution in [1.29, 1.82) is 0 Å². The number of fused-ring (bicyclic) bond motifs is 1. The minimum absolute atomic E-state index is 0.236. The third-order valence-electron chi connectivity index (χ3n) is 5.46. The molecule has 25 heavy (non-hydrogen) atoms. The van der Waals surface area contributed by atoms with E-state index in [-0.39, 0.29) is 12.1 Å². The lowest BCUT2D eigenvalue weighted by atomic mass is 10.1. The van der Waals surface area contributed by atoms with Crippen molar-refractivity contribution in [2.24, 2.45) is 0 Å². The minimum atomic E-state index is -0.343. The van der Waals surface area contributed by atoms with Gasteiger partial charge in [-0.15, -0.1) is 0 Å². The van der Waals surface area contributed by atoms with Crippen molar-refractivity contribution < 1.29 is 9.84 Å². The molecule has 4 heteroatoms. The lowest BCUT2D eigenvalue weighted by Gasteiger charge is -2.39. The van der Waals surface area contributed by atoms with Crippen LogP contribution in [-0.2, 0) is 6.42 Å². The maximum Gasteiger partial charge on any atom is 0.119 e. The average molecular weight is 338 g/mol. The number of nitrogens with zero attached hydrogens (tertiary/aromatic N) is 2. The van der Waals surface area contributed by atoms with E-state index in [9.17, 15) is 5.11 Å². The molecule has 0 radical (unpaired) electrons. The molecule has 0 saturated carbocycles. The molecule has 0 amide bonds. The second-order valence-electron chi connectivity index (χ2n) is 6.95. The van der Waals surface area contributed by atoms with Crippen molar-refractivity contribution in [3.05, 3.63) is 65.7 Å². The van der Waals surface area contributed by atoms with Crippen LogP contribution in [0.5, 0.6) is 5.75 Å². The highest BCUT2D eigenvalue weighted by Crippen LogP contribution is 2.34. The molecular weight excluding hydrogens is 312 g/mol. The summed E-state index contributed by atoms with van der Waals surface area (Å²) in [4.78, 5) is 4.91. The Hall–Kier alpha value is -1.88. The van der Waals surface area contributed by atoms with E-state index in [1.165, 1.54) is 5.56 Å². The van der Waals surface area contributed by atoms with Crippen LogP contribution < -0.4 is 4.74 Å². The number of aliphatic hydroxyl groups excluding tert-OH is 1. The second kappa shape index (κ2) is 7.56. The average Bonchev–Trinajstić information content (AvgIpc) is 3.00. The van der Waals surface area contributed by atoms with E-state index < -0.39 is 0 Å². The molecule has 2 aromatic rings. The minimum Gasteiger partial charge on any atom is -0.492 e. The topological polar surface area (TPSA) is 35.9 Å². The van der Waals surface area contributed by atoms with Crippen LogP contribution in [0.1, 0.15) is 17.2 Å². The van der Waals surface area contributed by atoms with Crippen LogP contribution >= 0.6 is 0 Å². The third-order valence-corrected chi connectivity index (χ3v) is 5.46. The van der Waals surface area contributed by atoms with Crippen LogP contribution in [0.2, 0.25) is 0 Å². The largest absolute Gasteiger partial charge is 0.492 e. The molecule has 1 fully saturated rings. The van der Waals surface area contributed by atoms with Crippen molar-refractivity contribution in [2.75, 3.05) is 39.3 Å². The van der Waals surface area contributed by atoms with Gasteiger partial charge in [-0.05, 0) is 29.7 Å². The first-order valence-electron chi connectivity index (χ1n) is 9.21. The van der Waals surface area contributed by atoms with Crippen molar-refractivity contribution in [2.45, 2.75) is 18.6 Å². The van der Waals surface area contributed by atoms with Gasteiger partial charge in [-0.2, -0.15) is 0 Å². The molecule has 1 heterocycles. The van der Waals surface area contributed by atoms with Gasteiger partial charge in [0.2, 0.25) is 0 Å². The van der Waals surface area contributed by atoms with E-state index in [0.717, 1.165) is 57.1 Å². The maximum absolute atomic E-state index is 10.7. The van der Waals surface area contributed by atoms with Gasteiger partial charge < -0.3 is 9.84 Å². The predicted molar refractivity (Wildman–Crippen MR) is 98.8 cm³/mol. The fourth-order valence-electron chi connectivity index (χ4n) is 4.01. The SMILES string of the molecule is OC1c2ccccc2CC1N1CCN(CCOc2ccccc2)CC1. The summed E-state index contributed by atoms with van der Waals surface area (Å²) >= 11 is 0. The normalized spacial score (nSPS) is 24.2. The number of rotatable bonds is 5. The molecule has 2 atom stereocenters. The van der Waals surface area contributed by atoms with Gasteiger partial charge in [0.1, 0.15) is 12.4 Å². The van der Waals surface area contributed by atoms with Crippen molar-refractivity contribution in [3.8, 4) is 5.75 Å². The zero-order valence-electron chi connectivity index (χ0n) is 14.6. The highest BCUT2D eigenvalue weighted by atomic mass is 16.5. The third kappa shape index (κ3) is 3.71. The summed E-state index contributed by atoms with van der Waals surface area (Å²) in [7, 11) is 0. The Bertz CT molecular complexity index is 683. The molecule has 1 aliphatic carbocycles. The summed E-state index contributed by atoms with van der Waals surface area (Å²) in [5.74, 6) is 0.938. The van der Waals surface area contributed by atoms with Crippen LogP contribution in [0, 0.1) is 0 Å². The standard InChI is InChI=1S/C21H26N2O2/c24-21-19-9-5-4-6-17(19)16-20(21)23-12-10-22(11-13-23)14-15-25-18-7-2-1-3-8-18/h1-9,20-21,24H,10-16H2. The summed E-state index contributed by atoms with van der Waals surface area (Å²) in [5, 5.41) is 10.7. The lowest BCUT2D eigenvalue weighted by molar-refractivity contribution is 0.0250. The maximum atomic E-state index is 10.7. The van der Waals surface area contributed by atoms with Crippen LogP contribution in [0.4, 0.5) is 0 Å². The van der Waals surface area contributed by atoms with Gasteiger partial charge in [0, 0.05) is 38.8 Å². The molecule has 0 bridgehead atoms. The first-order valence-corrected chi connectivity index (χ1v) is 9.21. The number of hydrogen-bond acceptors (Lipinski definition) is 4. The molecule has 2 aromatic carbocycles. The Morgan fingerprint density at radius 1 is 0.920 bits per heavy atom. The molecule has 1 N–H and O–H groups in total. The molecule has 4 nitrogen and oxygen atoms in total. The molecule has 0 spiro atoms. The summed E-state index contributed by atoms with van der Waals surface area (Å²) in [6.07, 6.45) is 0.623. The Labute approximate surface area is 149 Å². The molecule has 1 saturated heterocycles. The number of aliphatic hydroxyl groups is 1. The van der Waals surface area contributed by atoms with E-state index in [2.05, 4.69) is 28.0 Å². The van der Waals surface area contributed by atoms with Crippen LogP contribution in [0.15, 0.2) is 54.6 Å². The Morgan fingerprint density at radius 2 is 1.64 bits per heavy atom. The quantitative estimate of drug-likeness (QED) is 0.908. The van der Waals surface area contributed by atoms with E-state index in [1.54, 1.807) is 0 Å².